The Hall–Kier alpha value is -1.58. The average Bonchev–Trinajstić information content (AvgIpc) is 2.65. The van der Waals surface area contributed by atoms with E-state index in [0.29, 0.717) is 25.6 Å². The smallest absolute Gasteiger partial charge is 0.315 e. The Labute approximate surface area is 133 Å². The van der Waals surface area contributed by atoms with Gasteiger partial charge < -0.3 is 9.47 Å². The highest BCUT2D eigenvalue weighted by Crippen LogP contribution is 2.33. The van der Waals surface area contributed by atoms with E-state index in [4.69, 9.17) is 9.47 Å². The largest absolute Gasteiger partial charge is 0.465 e. The molecule has 0 saturated carbocycles. The first-order valence-electron chi connectivity index (χ1n) is 7.94. The first kappa shape index (κ1) is 18.5. The van der Waals surface area contributed by atoms with Gasteiger partial charge in [-0.05, 0) is 25.2 Å². The zero-order valence-corrected chi connectivity index (χ0v) is 14.3. The lowest BCUT2D eigenvalue weighted by molar-refractivity contribution is -0.156. The monoisotopic (exact) mass is 308 g/mol. The van der Waals surface area contributed by atoms with Crippen LogP contribution in [0.3, 0.4) is 0 Å². The SMILES string of the molecule is CC(C)COC(=O)C1C=CC=CC(C)(C(=O)OCC(C)C)C1. The summed E-state index contributed by atoms with van der Waals surface area (Å²) < 4.78 is 10.7. The van der Waals surface area contributed by atoms with E-state index in [2.05, 4.69) is 0 Å². The molecule has 0 radical (unpaired) electrons. The molecule has 0 bridgehead atoms. The molecule has 124 valence electrons. The average molecular weight is 308 g/mol. The van der Waals surface area contributed by atoms with Crippen LogP contribution in [0.15, 0.2) is 24.3 Å². The Morgan fingerprint density at radius 2 is 1.68 bits per heavy atom. The second-order valence-electron chi connectivity index (χ2n) is 6.99. The van der Waals surface area contributed by atoms with Crippen molar-refractivity contribution in [3.63, 3.8) is 0 Å². The van der Waals surface area contributed by atoms with Crippen LogP contribution < -0.4 is 0 Å². The topological polar surface area (TPSA) is 52.6 Å². The zero-order valence-electron chi connectivity index (χ0n) is 14.3. The summed E-state index contributed by atoms with van der Waals surface area (Å²) in [4.78, 5) is 24.5. The van der Waals surface area contributed by atoms with Crippen molar-refractivity contribution in [2.45, 2.75) is 41.0 Å². The van der Waals surface area contributed by atoms with Gasteiger partial charge in [-0.2, -0.15) is 0 Å². The molecule has 2 unspecified atom stereocenters. The fourth-order valence-electron chi connectivity index (χ4n) is 2.14. The normalized spacial score (nSPS) is 24.4. The molecule has 0 amide bonds. The minimum Gasteiger partial charge on any atom is -0.465 e. The van der Waals surface area contributed by atoms with Gasteiger partial charge in [0, 0.05) is 0 Å². The van der Waals surface area contributed by atoms with E-state index in [-0.39, 0.29) is 17.9 Å². The highest BCUT2D eigenvalue weighted by atomic mass is 16.5. The Bertz CT molecular complexity index is 448. The standard InChI is InChI=1S/C18H28O4/c1-13(2)11-21-16(19)15-8-6-7-9-18(5,10-15)17(20)22-12-14(3)4/h6-9,13-15H,10-12H2,1-5H3. The molecule has 1 aliphatic carbocycles. The molecule has 0 aliphatic heterocycles. The van der Waals surface area contributed by atoms with Crippen molar-refractivity contribution < 1.29 is 19.1 Å². The van der Waals surface area contributed by atoms with E-state index in [0.717, 1.165) is 0 Å². The second-order valence-corrected chi connectivity index (χ2v) is 6.99. The number of hydrogen-bond acceptors (Lipinski definition) is 4. The Kier molecular flexibility index (Phi) is 6.85. The zero-order chi connectivity index (χ0) is 16.8. The maximum absolute atomic E-state index is 12.4. The summed E-state index contributed by atoms with van der Waals surface area (Å²) in [6.07, 6.45) is 7.56. The Balaban J connectivity index is 2.73. The van der Waals surface area contributed by atoms with Crippen molar-refractivity contribution in [3.05, 3.63) is 24.3 Å². The summed E-state index contributed by atoms with van der Waals surface area (Å²) in [6.45, 7) is 10.6. The van der Waals surface area contributed by atoms with Crippen molar-refractivity contribution in [1.29, 1.82) is 0 Å². The fraction of sp³-hybridized carbons (Fsp3) is 0.667. The molecule has 1 rings (SSSR count). The van der Waals surface area contributed by atoms with E-state index in [9.17, 15) is 9.59 Å². The third-order valence-electron chi connectivity index (χ3n) is 3.44. The lowest BCUT2D eigenvalue weighted by Gasteiger charge is -2.26. The predicted molar refractivity (Wildman–Crippen MR) is 86.1 cm³/mol. The molecule has 2 atom stereocenters. The Morgan fingerprint density at radius 1 is 1.09 bits per heavy atom. The van der Waals surface area contributed by atoms with Crippen molar-refractivity contribution in [1.82, 2.24) is 0 Å². The van der Waals surface area contributed by atoms with Gasteiger partial charge in [-0.25, -0.2) is 0 Å². The van der Waals surface area contributed by atoms with Gasteiger partial charge in [0.2, 0.25) is 0 Å². The van der Waals surface area contributed by atoms with Crippen LogP contribution in [0.5, 0.6) is 0 Å². The van der Waals surface area contributed by atoms with Crippen LogP contribution in [0.2, 0.25) is 0 Å². The number of carbonyl (C=O) groups excluding carboxylic acids is 2. The molecule has 0 aromatic rings. The molecule has 0 fully saturated rings. The van der Waals surface area contributed by atoms with Crippen LogP contribution in [0.25, 0.3) is 0 Å². The molecule has 0 aromatic heterocycles. The molecule has 4 heteroatoms. The summed E-state index contributed by atoms with van der Waals surface area (Å²) >= 11 is 0. The molecular weight excluding hydrogens is 280 g/mol. The molecule has 22 heavy (non-hydrogen) atoms. The minimum atomic E-state index is -0.806. The van der Waals surface area contributed by atoms with Gasteiger partial charge in [0.05, 0.1) is 24.5 Å². The molecule has 0 heterocycles. The van der Waals surface area contributed by atoms with Crippen molar-refractivity contribution in [2.75, 3.05) is 13.2 Å². The maximum atomic E-state index is 12.4. The quantitative estimate of drug-likeness (QED) is 0.704. The lowest BCUT2D eigenvalue weighted by Crippen LogP contribution is -2.33. The number of allylic oxidation sites excluding steroid dienone is 2. The van der Waals surface area contributed by atoms with Crippen LogP contribution in [0.1, 0.15) is 41.0 Å². The molecule has 0 saturated heterocycles. The third-order valence-corrected chi connectivity index (χ3v) is 3.44. The number of ether oxygens (including phenoxy) is 2. The van der Waals surface area contributed by atoms with Crippen LogP contribution in [0.4, 0.5) is 0 Å². The van der Waals surface area contributed by atoms with Gasteiger partial charge in [0.1, 0.15) is 0 Å². The van der Waals surface area contributed by atoms with E-state index in [1.807, 2.05) is 40.7 Å². The number of hydrogen-bond donors (Lipinski definition) is 0. The molecule has 0 aromatic carbocycles. The number of rotatable bonds is 6. The van der Waals surface area contributed by atoms with Crippen LogP contribution in [-0.4, -0.2) is 25.2 Å². The van der Waals surface area contributed by atoms with Crippen LogP contribution in [0, 0.1) is 23.2 Å². The number of carbonyl (C=O) groups is 2. The van der Waals surface area contributed by atoms with Crippen LogP contribution in [-0.2, 0) is 19.1 Å². The summed E-state index contributed by atoms with van der Waals surface area (Å²) in [7, 11) is 0. The van der Waals surface area contributed by atoms with Gasteiger partial charge in [0.25, 0.3) is 0 Å². The third kappa shape index (κ3) is 5.66. The van der Waals surface area contributed by atoms with Crippen molar-refractivity contribution in [3.8, 4) is 0 Å². The molecular formula is C18H28O4. The highest BCUT2D eigenvalue weighted by Gasteiger charge is 2.37. The molecule has 0 spiro atoms. The van der Waals surface area contributed by atoms with Gasteiger partial charge >= 0.3 is 11.9 Å². The van der Waals surface area contributed by atoms with Crippen molar-refractivity contribution in [2.24, 2.45) is 23.2 Å². The summed E-state index contributed by atoms with van der Waals surface area (Å²) in [5, 5.41) is 0. The minimum absolute atomic E-state index is 0.281. The summed E-state index contributed by atoms with van der Waals surface area (Å²) in [5.41, 5.74) is -0.806. The van der Waals surface area contributed by atoms with E-state index in [1.165, 1.54) is 0 Å². The maximum Gasteiger partial charge on any atom is 0.315 e. The predicted octanol–water partition coefficient (Wildman–Crippen LogP) is 3.52. The van der Waals surface area contributed by atoms with Gasteiger partial charge in [0.15, 0.2) is 0 Å². The first-order chi connectivity index (χ1) is 10.2. The molecule has 4 nitrogen and oxygen atoms in total. The summed E-state index contributed by atoms with van der Waals surface area (Å²) in [6, 6.07) is 0. The van der Waals surface area contributed by atoms with E-state index >= 15 is 0 Å². The van der Waals surface area contributed by atoms with E-state index in [1.54, 1.807) is 18.2 Å². The van der Waals surface area contributed by atoms with Gasteiger partial charge in [-0.1, -0.05) is 52.0 Å². The first-order valence-corrected chi connectivity index (χ1v) is 7.94. The fourth-order valence-corrected chi connectivity index (χ4v) is 2.14. The van der Waals surface area contributed by atoms with Crippen LogP contribution >= 0.6 is 0 Å². The highest BCUT2D eigenvalue weighted by molar-refractivity contribution is 5.81. The Morgan fingerprint density at radius 3 is 2.27 bits per heavy atom. The number of esters is 2. The second kappa shape index (κ2) is 8.16. The van der Waals surface area contributed by atoms with E-state index < -0.39 is 11.3 Å². The lowest BCUT2D eigenvalue weighted by atomic mass is 9.81. The summed E-state index contributed by atoms with van der Waals surface area (Å²) in [5.74, 6) is -0.420. The van der Waals surface area contributed by atoms with Gasteiger partial charge in [-0.3, -0.25) is 9.59 Å². The molecule has 1 aliphatic rings. The van der Waals surface area contributed by atoms with Gasteiger partial charge in [-0.15, -0.1) is 0 Å². The van der Waals surface area contributed by atoms with Crippen molar-refractivity contribution >= 4 is 11.9 Å². The molecule has 0 N–H and O–H groups in total.